The van der Waals surface area contributed by atoms with Crippen LogP contribution in [0.3, 0.4) is 0 Å². The summed E-state index contributed by atoms with van der Waals surface area (Å²) in [5.74, 6) is -2.85. The molecule has 514 valence electrons. The van der Waals surface area contributed by atoms with Gasteiger partial charge in [0.15, 0.2) is 11.5 Å². The van der Waals surface area contributed by atoms with E-state index in [0.29, 0.717) is 34.4 Å². The van der Waals surface area contributed by atoms with Crippen LogP contribution in [0, 0.1) is 5.92 Å². The number of carbonyl (C=O) groups is 6. The number of carbonyl (C=O) groups excluding carboxylic acids is 6. The summed E-state index contributed by atoms with van der Waals surface area (Å²) in [7, 11) is 7.97. The zero-order valence-corrected chi connectivity index (χ0v) is 58.9. The molecule has 3 fully saturated rings. The Labute approximate surface area is 555 Å². The fraction of sp³-hybridized carbons (Fsp3) is 0.681. The highest BCUT2D eigenvalue weighted by atomic mass is 35.5. The predicted octanol–water partition coefficient (Wildman–Crippen LogP) is 12.0. The molecular weight excluding hydrogens is 1240 g/mol. The number of epoxide rings is 1. The zero-order chi connectivity index (χ0) is 67.4. The number of esters is 1. The number of Topliss-reactive ketones (excluding diaryl/α,β-unsaturated/α-hetero) is 2. The number of quaternary nitrogens is 1. The van der Waals surface area contributed by atoms with Gasteiger partial charge in [0.1, 0.15) is 65.6 Å². The number of likely N-dealkylation sites (N-methyl/N-ethyl adjacent to an activating group) is 2. The average molecular weight is 1350 g/mol. The first kappa shape index (κ1) is 76.3. The van der Waals surface area contributed by atoms with Crippen molar-refractivity contribution in [3.05, 3.63) is 81.9 Å². The largest absolute Gasteiger partial charge is 0.495 e. The molecule has 11 atom stereocenters. The number of allylic oxidation sites excluding steroid dienone is 3. The Balaban J connectivity index is 0.903. The zero-order valence-electron chi connectivity index (χ0n) is 56.4. The van der Waals surface area contributed by atoms with Crippen molar-refractivity contribution in [2.45, 2.75) is 222 Å². The first-order chi connectivity index (χ1) is 43.6. The lowest BCUT2D eigenvalue weighted by molar-refractivity contribution is -0.870. The van der Waals surface area contributed by atoms with Gasteiger partial charge in [0.2, 0.25) is 11.8 Å². The predicted molar refractivity (Wildman–Crippen MR) is 358 cm³/mol. The van der Waals surface area contributed by atoms with E-state index >= 15 is 0 Å². The molecule has 4 bridgehead atoms. The molecule has 3 amide bonds. The number of aliphatic hydroxyl groups is 1. The lowest BCUT2D eigenvalue weighted by atomic mass is 9.83. The van der Waals surface area contributed by atoms with Crippen molar-refractivity contribution < 1.29 is 80.5 Å². The number of hydrogen-bond acceptors (Lipinski definition) is 16. The molecule has 20 nitrogen and oxygen atoms in total. The van der Waals surface area contributed by atoms with Crippen molar-refractivity contribution >= 4 is 72.3 Å². The number of fused-ring (bicyclic) bond motifs is 5. The first-order valence-corrected chi connectivity index (χ1v) is 36.1. The summed E-state index contributed by atoms with van der Waals surface area (Å²) in [6.07, 6.45) is 20.3. The number of aryl methyl sites for hydroxylation is 1. The quantitative estimate of drug-likeness (QED) is 0.0147. The average Bonchev–Trinajstić information content (AvgIpc) is 1.59. The Morgan fingerprint density at radius 2 is 1.50 bits per heavy atom. The normalized spacial score (nSPS) is 26.4. The Morgan fingerprint density at radius 3 is 2.10 bits per heavy atom. The van der Waals surface area contributed by atoms with E-state index in [1.54, 1.807) is 45.2 Å². The topological polar surface area (TPSA) is 246 Å². The molecule has 4 aliphatic rings. The number of phosphoric ester groups is 1. The second-order valence-corrected chi connectivity index (χ2v) is 30.0. The lowest BCUT2D eigenvalue weighted by Gasteiger charge is -2.42. The minimum Gasteiger partial charge on any atom is -0.495 e. The number of hydrogen-bond donors (Lipinski definition) is 3. The number of phosphoric acid groups is 1. The van der Waals surface area contributed by atoms with E-state index in [9.17, 15) is 43.3 Å². The van der Waals surface area contributed by atoms with Crippen LogP contribution >= 0.6 is 31.2 Å². The SMILES string of the molecule is COc1cc2cc(c1Cl)N(C)C(=O)C[C@H](OC(=O)[C@H](C)N(C)C(=O)CCSC1CC(=O)C(c3ccc(CCCCCCCCCCCCCCCCCCOP(=O)(O)OCC[N+](C)(C)C)cc3)C1=O)[C@@]1(C)OC1[C@H](C)[C@@H]1C[C@@](O)(NC(=O)O1)[C@H](OC)/C=C/C=C(\C)C2. The molecule has 3 aliphatic heterocycles. The van der Waals surface area contributed by atoms with Crippen molar-refractivity contribution in [1.29, 1.82) is 0 Å². The van der Waals surface area contributed by atoms with Crippen LogP contribution in [0.5, 0.6) is 5.75 Å². The maximum absolute atomic E-state index is 14.5. The number of alkyl carbamates (subject to hydrolysis) is 1. The van der Waals surface area contributed by atoms with E-state index in [4.69, 9.17) is 44.3 Å². The van der Waals surface area contributed by atoms with Crippen LogP contribution in [-0.2, 0) is 69.4 Å². The van der Waals surface area contributed by atoms with E-state index in [1.165, 1.54) is 126 Å². The molecule has 92 heavy (non-hydrogen) atoms. The third-order valence-electron chi connectivity index (χ3n) is 18.4. The number of methoxy groups -OCH3 is 2. The summed E-state index contributed by atoms with van der Waals surface area (Å²) in [6.45, 7) is 7.98. The standard InChI is InChI=1S/C69H104ClN4O16PS/c1-47-29-28-31-58(85-11)69(81)46-56(88-67(80)71-69)48(2)65-68(4,90-65)59(45-61(77)73(6)53-42-51(41-47)43-55(84-10)63(53)70)89-66(79)49(3)72(5)60(76)36-40-92-57-44-54(75)62(64(57)78)52-34-32-50(33-35-52)30-26-24-22-20-18-16-14-12-13-15-17-19-21-23-25-27-38-86-91(82,83)87-39-37-74(7,8)9/h28-29,31-35,42-43,48-49,56-59,62,65,81H,12-27,30,36-41,44-46H2,1-11H3,(H-,71,80,82,83)/p+1/b31-28+,47-29+/t48-,49+,56+,57?,58-,59+,62?,65?,68-,69+/m1/s1. The number of amides is 3. The molecule has 4 unspecified atom stereocenters. The number of nitrogens with one attached hydrogen (secondary N) is 1. The van der Waals surface area contributed by atoms with Crippen molar-refractivity contribution in [1.82, 2.24) is 10.2 Å². The van der Waals surface area contributed by atoms with Crippen molar-refractivity contribution in [3.63, 3.8) is 0 Å². The van der Waals surface area contributed by atoms with Crippen LogP contribution in [0.15, 0.2) is 60.2 Å². The number of ketones is 2. The number of unbranched alkanes of at least 4 members (excludes halogenated alkanes) is 15. The van der Waals surface area contributed by atoms with Gasteiger partial charge in [-0.05, 0) is 75.3 Å². The maximum atomic E-state index is 14.5. The van der Waals surface area contributed by atoms with Crippen molar-refractivity contribution in [3.8, 4) is 5.75 Å². The molecule has 2 aromatic carbocycles. The maximum Gasteiger partial charge on any atom is 0.472 e. The van der Waals surface area contributed by atoms with E-state index in [2.05, 4.69) is 5.32 Å². The first-order valence-electron chi connectivity index (χ1n) is 33.1. The molecule has 23 heteroatoms. The van der Waals surface area contributed by atoms with Crippen molar-refractivity contribution in [2.24, 2.45) is 5.92 Å². The number of halogens is 1. The van der Waals surface area contributed by atoms with Gasteiger partial charge in [-0.25, -0.2) is 14.2 Å². The van der Waals surface area contributed by atoms with Crippen LogP contribution in [-0.4, -0.2) is 177 Å². The van der Waals surface area contributed by atoms with E-state index in [1.807, 2.05) is 58.4 Å². The molecule has 1 saturated carbocycles. The third-order valence-corrected chi connectivity index (χ3v) is 21.1. The van der Waals surface area contributed by atoms with Gasteiger partial charge in [-0.1, -0.05) is 156 Å². The second-order valence-electron chi connectivity index (χ2n) is 26.8. The van der Waals surface area contributed by atoms with Gasteiger partial charge in [-0.15, -0.1) is 11.8 Å². The molecule has 2 aromatic rings. The van der Waals surface area contributed by atoms with Gasteiger partial charge in [0, 0.05) is 52.1 Å². The molecule has 3 N–H and O–H groups in total. The highest BCUT2D eigenvalue weighted by molar-refractivity contribution is 8.00. The molecule has 0 radical (unpaired) electrons. The number of anilines is 1. The van der Waals surface area contributed by atoms with Gasteiger partial charge in [-0.2, -0.15) is 0 Å². The highest BCUT2D eigenvalue weighted by Crippen LogP contribution is 2.50. The van der Waals surface area contributed by atoms with Gasteiger partial charge in [-0.3, -0.25) is 33.5 Å². The van der Waals surface area contributed by atoms with Crippen LogP contribution in [0.2, 0.25) is 5.02 Å². The minimum atomic E-state index is -3.97. The summed E-state index contributed by atoms with van der Waals surface area (Å²) >= 11 is 8.12. The van der Waals surface area contributed by atoms with Crippen LogP contribution in [0.1, 0.15) is 179 Å². The summed E-state index contributed by atoms with van der Waals surface area (Å²) < 4.78 is 52.5. The Morgan fingerprint density at radius 1 is 0.902 bits per heavy atom. The van der Waals surface area contributed by atoms with Crippen molar-refractivity contribution in [2.75, 3.05) is 79.9 Å². The van der Waals surface area contributed by atoms with Crippen LogP contribution in [0.25, 0.3) is 0 Å². The highest BCUT2D eigenvalue weighted by Gasteiger charge is 2.64. The van der Waals surface area contributed by atoms with Gasteiger partial charge in [0.25, 0.3) is 0 Å². The number of rotatable bonds is 34. The van der Waals surface area contributed by atoms with Crippen LogP contribution in [0.4, 0.5) is 10.5 Å². The van der Waals surface area contributed by atoms with E-state index < -0.39 is 90.6 Å². The monoisotopic (exact) mass is 1340 g/mol. The summed E-state index contributed by atoms with van der Waals surface area (Å²) in [5, 5.41) is 14.0. The second kappa shape index (κ2) is 35.9. The van der Waals surface area contributed by atoms with E-state index in [0.717, 1.165) is 49.7 Å². The summed E-state index contributed by atoms with van der Waals surface area (Å²) in [6, 6.07) is 10.3. The molecule has 1 aliphatic carbocycles. The Kier molecular flexibility index (Phi) is 29.8. The van der Waals surface area contributed by atoms with E-state index in [-0.39, 0.29) is 61.2 Å². The Hall–Kier alpha value is -4.67. The molecule has 0 spiro atoms. The smallest absolute Gasteiger partial charge is 0.472 e. The minimum absolute atomic E-state index is 0.0263. The number of ether oxygens (including phenoxy) is 5. The van der Waals surface area contributed by atoms with Crippen LogP contribution < -0.4 is 15.0 Å². The molecule has 6 rings (SSSR count). The molecule has 0 aromatic heterocycles. The van der Waals surface area contributed by atoms with Gasteiger partial charge in [0.05, 0.1) is 58.3 Å². The molecule has 3 heterocycles. The lowest BCUT2D eigenvalue weighted by Crippen LogP contribution is -2.63. The van der Waals surface area contributed by atoms with Gasteiger partial charge < -0.3 is 48.0 Å². The Bertz CT molecular complexity index is 2910. The summed E-state index contributed by atoms with van der Waals surface area (Å²) in [5.41, 5.74) is 0.721. The number of thioether (sulfide) groups is 1. The number of benzene rings is 2. The summed E-state index contributed by atoms with van der Waals surface area (Å²) in [4.78, 5) is 95.1. The third kappa shape index (κ3) is 22.7. The molecule has 2 saturated heterocycles. The fourth-order valence-corrected chi connectivity index (χ4v) is 14.6. The molecular formula is C69H105ClN4O16PS+. The van der Waals surface area contributed by atoms with Gasteiger partial charge >= 0.3 is 19.9 Å². The fourth-order valence-electron chi connectivity index (χ4n) is 12.3. The number of nitrogens with zero attached hydrogens (tertiary/aromatic N) is 3.